The number of anilines is 1. The van der Waals surface area contributed by atoms with Crippen molar-refractivity contribution in [3.8, 4) is 5.75 Å². The first-order valence-electron chi connectivity index (χ1n) is 9.26. The van der Waals surface area contributed by atoms with E-state index >= 15 is 0 Å². The summed E-state index contributed by atoms with van der Waals surface area (Å²) < 4.78 is 7.60. The van der Waals surface area contributed by atoms with Crippen LogP contribution in [0.2, 0.25) is 16.6 Å². The van der Waals surface area contributed by atoms with E-state index in [-0.39, 0.29) is 0 Å². The van der Waals surface area contributed by atoms with Crippen LogP contribution in [0.1, 0.15) is 62.3 Å². The van der Waals surface area contributed by atoms with Gasteiger partial charge >= 0.3 is 6.09 Å². The highest BCUT2D eigenvalue weighted by atomic mass is 127. The van der Waals surface area contributed by atoms with Gasteiger partial charge in [-0.15, -0.1) is 0 Å². The summed E-state index contributed by atoms with van der Waals surface area (Å²) in [5, 5.41) is 9.66. The molecule has 1 aromatic carbocycles. The molecule has 0 unspecified atom stereocenters. The van der Waals surface area contributed by atoms with Gasteiger partial charge in [0.1, 0.15) is 5.75 Å². The predicted octanol–water partition coefficient (Wildman–Crippen LogP) is 7.13. The van der Waals surface area contributed by atoms with E-state index in [2.05, 4.69) is 64.1 Å². The third-order valence-corrected chi connectivity index (χ3v) is 11.9. The molecule has 4 nitrogen and oxygen atoms in total. The fourth-order valence-electron chi connectivity index (χ4n) is 4.04. The molecule has 0 saturated heterocycles. The van der Waals surface area contributed by atoms with Crippen molar-refractivity contribution in [2.24, 2.45) is 0 Å². The van der Waals surface area contributed by atoms with Gasteiger partial charge in [-0.1, -0.05) is 41.5 Å². The molecule has 148 valence electrons. The van der Waals surface area contributed by atoms with E-state index in [1.807, 2.05) is 39.0 Å². The molecule has 6 heteroatoms. The highest BCUT2D eigenvalue weighted by Crippen LogP contribution is 2.43. The topological polar surface area (TPSA) is 49.8 Å². The zero-order chi connectivity index (χ0) is 20.4. The summed E-state index contributed by atoms with van der Waals surface area (Å²) in [5.74, 6) is 0.847. The number of nitrogens with zero attached hydrogens (tertiary/aromatic N) is 1. The number of carboxylic acid groups (broad SMARTS) is 1. The molecule has 1 N–H and O–H groups in total. The summed E-state index contributed by atoms with van der Waals surface area (Å²) in [6, 6.07) is 5.77. The Morgan fingerprint density at radius 1 is 1.08 bits per heavy atom. The van der Waals surface area contributed by atoms with Gasteiger partial charge in [0.15, 0.2) is 0 Å². The Morgan fingerprint density at radius 2 is 1.54 bits per heavy atom. The number of amides is 1. The molecule has 0 saturated carbocycles. The molecule has 1 aromatic rings. The number of benzene rings is 1. The van der Waals surface area contributed by atoms with Gasteiger partial charge in [0, 0.05) is 9.11 Å². The van der Waals surface area contributed by atoms with Crippen molar-refractivity contribution in [3.05, 3.63) is 21.8 Å². The summed E-state index contributed by atoms with van der Waals surface area (Å²) in [6.07, 6.45) is -0.945. The minimum atomic E-state index is -2.03. The van der Waals surface area contributed by atoms with E-state index in [1.54, 1.807) is 0 Å². The Hall–Kier alpha value is -0.763. The summed E-state index contributed by atoms with van der Waals surface area (Å²) in [7, 11) is -2.03. The van der Waals surface area contributed by atoms with Crippen molar-refractivity contribution in [3.63, 3.8) is 0 Å². The monoisotopic (exact) mass is 491 g/mol. The first kappa shape index (κ1) is 23.3. The van der Waals surface area contributed by atoms with E-state index < -0.39 is 19.9 Å². The molecule has 0 spiro atoms. The van der Waals surface area contributed by atoms with Gasteiger partial charge in [0.2, 0.25) is 0 Å². The maximum Gasteiger partial charge on any atom is 0.412 e. The van der Waals surface area contributed by atoms with Crippen molar-refractivity contribution in [1.29, 1.82) is 0 Å². The lowest BCUT2D eigenvalue weighted by Crippen LogP contribution is -2.50. The van der Waals surface area contributed by atoms with Gasteiger partial charge in [-0.05, 0) is 78.2 Å². The fraction of sp³-hybridized carbons (Fsp3) is 0.650. The number of halogens is 1. The third-order valence-electron chi connectivity index (χ3n) is 5.02. The van der Waals surface area contributed by atoms with Gasteiger partial charge in [-0.25, -0.2) is 4.79 Å². The van der Waals surface area contributed by atoms with Crippen LogP contribution in [0.3, 0.4) is 0 Å². The molecule has 0 aromatic heterocycles. The number of hydrogen-bond acceptors (Lipinski definition) is 2. The lowest BCUT2D eigenvalue weighted by molar-refractivity contribution is 0.195. The van der Waals surface area contributed by atoms with E-state index in [0.29, 0.717) is 22.3 Å². The first-order valence-corrected chi connectivity index (χ1v) is 12.5. The summed E-state index contributed by atoms with van der Waals surface area (Å²) in [5.41, 5.74) is 1.66. The summed E-state index contributed by atoms with van der Waals surface area (Å²) in [6.45, 7) is 19.3. The van der Waals surface area contributed by atoms with E-state index in [0.717, 1.165) is 9.32 Å². The largest absolute Gasteiger partial charge is 0.543 e. The van der Waals surface area contributed by atoms with Gasteiger partial charge in [-0.2, -0.15) is 0 Å². The first-order chi connectivity index (χ1) is 11.7. The van der Waals surface area contributed by atoms with Crippen LogP contribution in [-0.4, -0.2) is 25.1 Å². The second-order valence-electron chi connectivity index (χ2n) is 8.82. The van der Waals surface area contributed by atoms with Crippen LogP contribution in [0, 0.1) is 3.57 Å². The van der Waals surface area contributed by atoms with Crippen molar-refractivity contribution in [2.75, 3.05) is 4.90 Å². The van der Waals surface area contributed by atoms with Crippen LogP contribution >= 0.6 is 22.6 Å². The molecule has 0 heterocycles. The average Bonchev–Trinajstić information content (AvgIpc) is 2.44. The smallest absolute Gasteiger partial charge is 0.412 e. The van der Waals surface area contributed by atoms with Crippen LogP contribution in [0.4, 0.5) is 10.5 Å². The van der Waals surface area contributed by atoms with Crippen LogP contribution in [0.5, 0.6) is 5.75 Å². The van der Waals surface area contributed by atoms with Crippen LogP contribution in [-0.2, 0) is 0 Å². The molecular formula is C20H34INO3Si. The van der Waals surface area contributed by atoms with Crippen molar-refractivity contribution in [2.45, 2.75) is 84.5 Å². The van der Waals surface area contributed by atoms with Crippen LogP contribution < -0.4 is 9.33 Å². The molecule has 0 aliphatic carbocycles. The molecule has 26 heavy (non-hydrogen) atoms. The van der Waals surface area contributed by atoms with E-state index in [4.69, 9.17) is 4.43 Å². The number of carbonyl (C=O) groups is 1. The maximum atomic E-state index is 11.8. The average molecular weight is 491 g/mol. The summed E-state index contributed by atoms with van der Waals surface area (Å²) >= 11 is 2.21. The molecule has 0 fully saturated rings. The number of rotatable bonds is 6. The Kier molecular flexibility index (Phi) is 7.61. The van der Waals surface area contributed by atoms with Crippen LogP contribution in [0.15, 0.2) is 18.2 Å². The highest BCUT2D eigenvalue weighted by Gasteiger charge is 2.47. The number of hydrogen-bond donors (Lipinski definition) is 1. The predicted molar refractivity (Wildman–Crippen MR) is 121 cm³/mol. The minimum Gasteiger partial charge on any atom is -0.543 e. The van der Waals surface area contributed by atoms with Crippen molar-refractivity contribution >= 4 is 42.7 Å². The minimum absolute atomic E-state index is 0.491. The van der Waals surface area contributed by atoms with E-state index in [9.17, 15) is 9.90 Å². The quantitative estimate of drug-likeness (QED) is 0.340. The van der Waals surface area contributed by atoms with Crippen molar-refractivity contribution < 1.29 is 14.3 Å². The Labute approximate surface area is 173 Å². The lowest BCUT2D eigenvalue weighted by atomic mass is 10.1. The normalized spacial score (nSPS) is 12.8. The van der Waals surface area contributed by atoms with Gasteiger partial charge in [0.25, 0.3) is 8.32 Å². The molecule has 1 rings (SSSR count). The van der Waals surface area contributed by atoms with Gasteiger partial charge in [0.05, 0.1) is 5.69 Å². The Morgan fingerprint density at radius 3 is 1.85 bits per heavy atom. The SMILES string of the molecule is CC(C)[Si](Oc1ccc(N(C(=O)O)C(C)(C)C)c(I)c1)(C(C)C)C(C)C. The van der Waals surface area contributed by atoms with E-state index in [1.165, 1.54) is 4.90 Å². The molecule has 0 aliphatic heterocycles. The molecule has 0 bridgehead atoms. The third kappa shape index (κ3) is 4.74. The van der Waals surface area contributed by atoms with Crippen molar-refractivity contribution in [1.82, 2.24) is 0 Å². The zero-order valence-electron chi connectivity index (χ0n) is 17.6. The summed E-state index contributed by atoms with van der Waals surface area (Å²) in [4.78, 5) is 13.2. The van der Waals surface area contributed by atoms with Gasteiger partial charge in [-0.3, -0.25) is 4.90 Å². The zero-order valence-corrected chi connectivity index (χ0v) is 20.7. The highest BCUT2D eigenvalue weighted by molar-refractivity contribution is 14.1. The lowest BCUT2D eigenvalue weighted by Gasteiger charge is -2.42. The molecule has 0 radical (unpaired) electrons. The Bertz CT molecular complexity index is 617. The standard InChI is InChI=1S/C20H34INO3Si/c1-13(2)26(14(3)4,15(5)6)25-16-10-11-18(17(21)12-16)22(19(23)24)20(7,8)9/h10-15H,1-9H3,(H,23,24). The molecule has 0 aliphatic rings. The molecule has 1 amide bonds. The maximum absolute atomic E-state index is 11.8. The van der Waals surface area contributed by atoms with Crippen LogP contribution in [0.25, 0.3) is 0 Å². The second kappa shape index (κ2) is 8.50. The van der Waals surface area contributed by atoms with Gasteiger partial charge < -0.3 is 9.53 Å². The molecular weight excluding hydrogens is 457 g/mol. The molecule has 0 atom stereocenters. The second-order valence-corrected chi connectivity index (χ2v) is 15.4. The Balaban J connectivity index is 3.35. The fourth-order valence-corrected chi connectivity index (χ4v) is 10.0.